The van der Waals surface area contributed by atoms with Gasteiger partial charge >= 0.3 is 5.97 Å². The van der Waals surface area contributed by atoms with Gasteiger partial charge in [0.25, 0.3) is 0 Å². The van der Waals surface area contributed by atoms with E-state index in [4.69, 9.17) is 5.73 Å². The Bertz CT molecular complexity index is 322. The van der Waals surface area contributed by atoms with Gasteiger partial charge in [0, 0.05) is 24.9 Å². The maximum Gasteiger partial charge on any atom is 0.308 e. The Morgan fingerprint density at radius 3 is 2.80 bits per heavy atom. The molecule has 0 unspecified atom stereocenters. The number of hydrogen-bond acceptors (Lipinski definition) is 4. The third kappa shape index (κ3) is 3.32. The summed E-state index contributed by atoms with van der Waals surface area (Å²) in [7, 11) is 1.39. The van der Waals surface area contributed by atoms with E-state index >= 15 is 0 Å². The van der Waals surface area contributed by atoms with Gasteiger partial charge in [-0.3, -0.25) is 9.78 Å². The largest absolute Gasteiger partial charge is 0.469 e. The lowest BCUT2D eigenvalue weighted by Gasteiger charge is -2.08. The van der Waals surface area contributed by atoms with Crippen molar-refractivity contribution in [1.82, 2.24) is 4.98 Å². The highest BCUT2D eigenvalue weighted by Gasteiger charge is 2.13. The smallest absolute Gasteiger partial charge is 0.308 e. The van der Waals surface area contributed by atoms with E-state index in [-0.39, 0.29) is 11.9 Å². The lowest BCUT2D eigenvalue weighted by atomic mass is 10.1. The van der Waals surface area contributed by atoms with Crippen LogP contribution in [-0.2, 0) is 22.5 Å². The summed E-state index contributed by atoms with van der Waals surface area (Å²) in [4.78, 5) is 15.4. The number of aromatic nitrogens is 1. The molecular formula is C11H16N2O2. The molecule has 15 heavy (non-hydrogen) atoms. The van der Waals surface area contributed by atoms with E-state index in [1.807, 2.05) is 19.1 Å². The predicted octanol–water partition coefficient (Wildman–Crippen LogP) is 0.892. The molecule has 0 fully saturated rings. The summed E-state index contributed by atoms with van der Waals surface area (Å²) in [6, 6.07) is 3.81. The molecule has 0 amide bonds. The molecule has 0 saturated heterocycles. The summed E-state index contributed by atoms with van der Waals surface area (Å²) >= 11 is 0. The molecule has 82 valence electrons. The summed E-state index contributed by atoms with van der Waals surface area (Å²) in [6.45, 7) is 2.31. The zero-order chi connectivity index (χ0) is 11.3. The molecule has 0 aliphatic rings. The van der Waals surface area contributed by atoms with Crippen LogP contribution in [0.1, 0.15) is 18.2 Å². The van der Waals surface area contributed by atoms with Crippen LogP contribution in [0.15, 0.2) is 18.3 Å². The summed E-state index contributed by atoms with van der Waals surface area (Å²) in [5.74, 6) is -0.370. The summed E-state index contributed by atoms with van der Waals surface area (Å²) in [6.07, 6.45) is 2.33. The van der Waals surface area contributed by atoms with Gasteiger partial charge in [0.2, 0.25) is 0 Å². The molecule has 1 rings (SSSR count). The van der Waals surface area contributed by atoms with Crippen molar-refractivity contribution >= 4 is 5.97 Å². The maximum absolute atomic E-state index is 11.2. The Morgan fingerprint density at radius 1 is 1.60 bits per heavy atom. The number of nitrogens with two attached hydrogens (primary N) is 1. The minimum Gasteiger partial charge on any atom is -0.469 e. The van der Waals surface area contributed by atoms with Crippen molar-refractivity contribution in [2.75, 3.05) is 7.11 Å². The Morgan fingerprint density at radius 2 is 2.33 bits per heavy atom. The lowest BCUT2D eigenvalue weighted by Crippen LogP contribution is -2.15. The standard InChI is InChI=1S/C11H16N2O2/c1-8(11(14)15-2)5-10-4-3-9(6-12)7-13-10/h3-4,7-8H,5-6,12H2,1-2H3/t8-/m0/s1. The van der Waals surface area contributed by atoms with Crippen LogP contribution >= 0.6 is 0 Å². The van der Waals surface area contributed by atoms with Gasteiger partial charge in [0.05, 0.1) is 13.0 Å². The Kier molecular flexibility index (Phi) is 4.24. The van der Waals surface area contributed by atoms with Gasteiger partial charge in [-0.1, -0.05) is 13.0 Å². The molecule has 0 aromatic carbocycles. The third-order valence-electron chi connectivity index (χ3n) is 2.24. The third-order valence-corrected chi connectivity index (χ3v) is 2.24. The Hall–Kier alpha value is -1.42. The summed E-state index contributed by atoms with van der Waals surface area (Å²) < 4.78 is 4.64. The molecule has 0 saturated carbocycles. The number of nitrogens with zero attached hydrogens (tertiary/aromatic N) is 1. The zero-order valence-electron chi connectivity index (χ0n) is 9.06. The number of methoxy groups -OCH3 is 1. The molecule has 4 heteroatoms. The van der Waals surface area contributed by atoms with Gasteiger partial charge in [-0.15, -0.1) is 0 Å². The second-order valence-corrected chi connectivity index (χ2v) is 3.49. The van der Waals surface area contributed by atoms with Crippen LogP contribution in [0, 0.1) is 5.92 Å². The van der Waals surface area contributed by atoms with Gasteiger partial charge in [-0.25, -0.2) is 0 Å². The number of hydrogen-bond donors (Lipinski definition) is 1. The van der Waals surface area contributed by atoms with Crippen molar-refractivity contribution < 1.29 is 9.53 Å². The maximum atomic E-state index is 11.2. The van der Waals surface area contributed by atoms with E-state index < -0.39 is 0 Å². The number of ether oxygens (including phenoxy) is 1. The van der Waals surface area contributed by atoms with Gasteiger partial charge < -0.3 is 10.5 Å². The van der Waals surface area contributed by atoms with Crippen molar-refractivity contribution in [3.05, 3.63) is 29.6 Å². The molecule has 1 aromatic rings. The average molecular weight is 208 g/mol. The molecule has 2 N–H and O–H groups in total. The summed E-state index contributed by atoms with van der Waals surface area (Å²) in [5.41, 5.74) is 7.33. The fraction of sp³-hybridized carbons (Fsp3) is 0.455. The van der Waals surface area contributed by atoms with Crippen LogP contribution < -0.4 is 5.73 Å². The average Bonchev–Trinajstić information content (AvgIpc) is 2.29. The first-order valence-corrected chi connectivity index (χ1v) is 4.89. The van der Waals surface area contributed by atoms with Gasteiger partial charge in [-0.05, 0) is 11.6 Å². The molecule has 1 aromatic heterocycles. The van der Waals surface area contributed by atoms with E-state index in [1.165, 1.54) is 7.11 Å². The van der Waals surface area contributed by atoms with E-state index in [9.17, 15) is 4.79 Å². The fourth-order valence-electron chi connectivity index (χ4n) is 1.29. The predicted molar refractivity (Wildman–Crippen MR) is 57.0 cm³/mol. The number of esters is 1. The molecule has 4 nitrogen and oxygen atoms in total. The van der Waals surface area contributed by atoms with Gasteiger partial charge in [-0.2, -0.15) is 0 Å². The van der Waals surface area contributed by atoms with Gasteiger partial charge in [0.15, 0.2) is 0 Å². The normalized spacial score (nSPS) is 12.2. The van der Waals surface area contributed by atoms with Crippen LogP contribution in [-0.4, -0.2) is 18.1 Å². The lowest BCUT2D eigenvalue weighted by molar-refractivity contribution is -0.144. The monoisotopic (exact) mass is 208 g/mol. The van der Waals surface area contributed by atoms with Crippen LogP contribution in [0.25, 0.3) is 0 Å². The number of carbonyl (C=O) groups is 1. The highest BCUT2D eigenvalue weighted by molar-refractivity contribution is 5.72. The molecule has 0 radical (unpaired) electrons. The molecular weight excluding hydrogens is 192 g/mol. The Labute approximate surface area is 89.5 Å². The number of pyridine rings is 1. The summed E-state index contributed by atoms with van der Waals surface area (Å²) in [5, 5.41) is 0. The Balaban J connectivity index is 2.60. The topological polar surface area (TPSA) is 65.2 Å². The minimum atomic E-state index is -0.209. The van der Waals surface area contributed by atoms with Crippen molar-refractivity contribution in [3.8, 4) is 0 Å². The minimum absolute atomic E-state index is 0.161. The second kappa shape index (κ2) is 5.46. The van der Waals surface area contributed by atoms with Crippen LogP contribution in [0.3, 0.4) is 0 Å². The zero-order valence-corrected chi connectivity index (χ0v) is 9.06. The molecule has 1 atom stereocenters. The fourth-order valence-corrected chi connectivity index (χ4v) is 1.29. The number of rotatable bonds is 4. The van der Waals surface area contributed by atoms with E-state index in [1.54, 1.807) is 6.20 Å². The van der Waals surface area contributed by atoms with Crippen molar-refractivity contribution in [1.29, 1.82) is 0 Å². The van der Waals surface area contributed by atoms with Crippen molar-refractivity contribution in [2.24, 2.45) is 11.7 Å². The van der Waals surface area contributed by atoms with E-state index in [0.717, 1.165) is 11.3 Å². The van der Waals surface area contributed by atoms with Crippen LogP contribution in [0.4, 0.5) is 0 Å². The SMILES string of the molecule is COC(=O)[C@@H](C)Cc1ccc(CN)cn1. The molecule has 0 aliphatic heterocycles. The van der Waals surface area contributed by atoms with Crippen LogP contribution in [0.5, 0.6) is 0 Å². The molecule has 0 spiro atoms. The van der Waals surface area contributed by atoms with Gasteiger partial charge in [0.1, 0.15) is 0 Å². The molecule has 1 heterocycles. The van der Waals surface area contributed by atoms with Crippen molar-refractivity contribution in [2.45, 2.75) is 19.9 Å². The first-order valence-electron chi connectivity index (χ1n) is 4.89. The highest BCUT2D eigenvalue weighted by atomic mass is 16.5. The van der Waals surface area contributed by atoms with E-state index in [0.29, 0.717) is 13.0 Å². The first kappa shape index (κ1) is 11.7. The first-order chi connectivity index (χ1) is 7.17. The van der Waals surface area contributed by atoms with E-state index in [2.05, 4.69) is 9.72 Å². The molecule has 0 bridgehead atoms. The number of carbonyl (C=O) groups excluding carboxylic acids is 1. The quantitative estimate of drug-likeness (QED) is 0.746. The second-order valence-electron chi connectivity index (χ2n) is 3.49. The van der Waals surface area contributed by atoms with Crippen LogP contribution in [0.2, 0.25) is 0 Å². The van der Waals surface area contributed by atoms with Crippen molar-refractivity contribution in [3.63, 3.8) is 0 Å². The highest BCUT2D eigenvalue weighted by Crippen LogP contribution is 2.08. The molecule has 0 aliphatic carbocycles.